The quantitative estimate of drug-likeness (QED) is 0.507. The minimum Gasteiger partial charge on any atom is -0.484 e. The van der Waals surface area contributed by atoms with Crippen molar-refractivity contribution in [1.82, 2.24) is 4.90 Å². The fourth-order valence-corrected chi connectivity index (χ4v) is 3.98. The third-order valence-electron chi connectivity index (χ3n) is 4.48. The summed E-state index contributed by atoms with van der Waals surface area (Å²) in [6.45, 7) is 0.283. The number of carbonyl (C=O) groups excluding carboxylic acids is 1. The van der Waals surface area contributed by atoms with Crippen molar-refractivity contribution in [1.29, 1.82) is 0 Å². The molecule has 1 fully saturated rings. The van der Waals surface area contributed by atoms with Crippen LogP contribution in [0.2, 0.25) is 0 Å². The van der Waals surface area contributed by atoms with E-state index in [0.29, 0.717) is 17.9 Å². The Hall–Kier alpha value is -3.54. The number of anilines is 1. The first-order chi connectivity index (χ1) is 14.7. The van der Waals surface area contributed by atoms with Gasteiger partial charge in [-0.3, -0.25) is 14.9 Å². The zero-order valence-corrected chi connectivity index (χ0v) is 17.3. The van der Waals surface area contributed by atoms with Crippen LogP contribution in [0.1, 0.15) is 12.8 Å². The third kappa shape index (κ3) is 5.54. The topological polar surface area (TPSA) is 131 Å². The normalized spacial score (nSPS) is 15.2. The second-order valence-electron chi connectivity index (χ2n) is 6.74. The number of sulfonamides is 1. The van der Waals surface area contributed by atoms with E-state index in [1.165, 1.54) is 30.3 Å². The summed E-state index contributed by atoms with van der Waals surface area (Å²) in [5.41, 5.74) is -0.371. The molecule has 1 aliphatic rings. The van der Waals surface area contributed by atoms with E-state index in [1.807, 2.05) is 0 Å². The van der Waals surface area contributed by atoms with Crippen molar-refractivity contribution < 1.29 is 27.3 Å². The first kappa shape index (κ1) is 22.2. The summed E-state index contributed by atoms with van der Waals surface area (Å²) in [4.78, 5) is 23.5. The van der Waals surface area contributed by atoms with Crippen LogP contribution in [0.15, 0.2) is 51.8 Å². The summed E-state index contributed by atoms with van der Waals surface area (Å²) in [6.07, 6.45) is 1.45. The highest BCUT2D eigenvalue weighted by atomic mass is 32.2. The van der Waals surface area contributed by atoms with Gasteiger partial charge < -0.3 is 15.0 Å². The van der Waals surface area contributed by atoms with Gasteiger partial charge in [-0.2, -0.15) is 12.8 Å². The predicted octanol–water partition coefficient (Wildman–Crippen LogP) is 2.56. The minimum atomic E-state index is -3.86. The van der Waals surface area contributed by atoms with Gasteiger partial charge in [-0.15, -0.1) is 4.40 Å². The van der Waals surface area contributed by atoms with E-state index in [1.54, 1.807) is 11.9 Å². The average molecular weight is 450 g/mol. The highest BCUT2D eigenvalue weighted by Gasteiger charge is 2.20. The zero-order chi connectivity index (χ0) is 22.6. The maximum atomic E-state index is 13.6. The maximum Gasteiger partial charge on any atom is 0.305 e. The second-order valence-corrected chi connectivity index (χ2v) is 8.34. The first-order valence-electron chi connectivity index (χ1n) is 9.17. The van der Waals surface area contributed by atoms with E-state index in [-0.39, 0.29) is 10.6 Å². The van der Waals surface area contributed by atoms with E-state index in [4.69, 9.17) is 4.74 Å². The number of amides is 1. The Balaban J connectivity index is 1.59. The van der Waals surface area contributed by atoms with Crippen LogP contribution in [-0.4, -0.2) is 50.2 Å². The van der Waals surface area contributed by atoms with Crippen molar-refractivity contribution in [2.24, 2.45) is 4.40 Å². The van der Waals surface area contributed by atoms with Gasteiger partial charge in [0.25, 0.3) is 15.9 Å². The lowest BCUT2D eigenvalue weighted by atomic mass is 10.3. The molecule has 0 bridgehead atoms. The monoisotopic (exact) mass is 450 g/mol. The number of hydrogen-bond donors (Lipinski definition) is 1. The molecule has 164 valence electrons. The highest BCUT2D eigenvalue weighted by Crippen LogP contribution is 2.22. The van der Waals surface area contributed by atoms with Gasteiger partial charge >= 0.3 is 5.69 Å². The summed E-state index contributed by atoms with van der Waals surface area (Å²) in [5.74, 6) is -1.19. The van der Waals surface area contributed by atoms with Crippen molar-refractivity contribution in [3.63, 3.8) is 0 Å². The summed E-state index contributed by atoms with van der Waals surface area (Å²) < 4.78 is 47.4. The largest absolute Gasteiger partial charge is 0.484 e. The van der Waals surface area contributed by atoms with Crippen molar-refractivity contribution in [3.8, 4) is 5.75 Å². The number of hydrogen-bond acceptors (Lipinski definition) is 6. The molecule has 0 aromatic heterocycles. The van der Waals surface area contributed by atoms with Crippen molar-refractivity contribution in [3.05, 3.63) is 58.4 Å². The molecule has 0 aliphatic carbocycles. The molecule has 1 saturated heterocycles. The van der Waals surface area contributed by atoms with Crippen LogP contribution < -0.4 is 10.1 Å². The lowest BCUT2D eigenvalue weighted by Gasteiger charge is -2.11. The number of amidine groups is 1. The lowest BCUT2D eigenvalue weighted by molar-refractivity contribution is -0.387. The van der Waals surface area contributed by atoms with Crippen molar-refractivity contribution in [2.75, 3.05) is 25.5 Å². The summed E-state index contributed by atoms with van der Waals surface area (Å²) in [7, 11) is -2.07. The molecule has 0 spiro atoms. The van der Waals surface area contributed by atoms with Crippen LogP contribution in [0.5, 0.6) is 5.75 Å². The standard InChI is InChI=1S/C19H19FN4O6S/c1-23-10-2-3-18(23)22-31(28,29)15-7-4-13(5-8-15)21-19(25)12-30-14-6-9-17(24(26)27)16(20)11-14/h4-9,11H,2-3,10,12H2,1H3,(H,21,25)/b22-18+. The molecule has 31 heavy (non-hydrogen) atoms. The van der Waals surface area contributed by atoms with E-state index in [2.05, 4.69) is 9.71 Å². The number of rotatable bonds is 7. The van der Waals surface area contributed by atoms with Gasteiger partial charge in [0.15, 0.2) is 6.61 Å². The Bertz CT molecular complexity index is 1130. The molecule has 1 N–H and O–H groups in total. The van der Waals surface area contributed by atoms with Gasteiger partial charge in [0.2, 0.25) is 5.82 Å². The van der Waals surface area contributed by atoms with Gasteiger partial charge in [-0.1, -0.05) is 0 Å². The van der Waals surface area contributed by atoms with Crippen molar-refractivity contribution >= 4 is 33.1 Å². The Labute approximate surface area is 177 Å². The molecule has 1 heterocycles. The molecule has 0 atom stereocenters. The third-order valence-corrected chi connectivity index (χ3v) is 5.80. The molecule has 2 aromatic carbocycles. The van der Waals surface area contributed by atoms with Crippen LogP contribution in [-0.2, 0) is 14.8 Å². The summed E-state index contributed by atoms with van der Waals surface area (Å²) in [6, 6.07) is 8.41. The number of nitro groups is 1. The Kier molecular flexibility index (Phi) is 6.49. The first-order valence-corrected chi connectivity index (χ1v) is 10.6. The summed E-state index contributed by atoms with van der Waals surface area (Å²) >= 11 is 0. The van der Waals surface area contributed by atoms with Gasteiger partial charge in [0.05, 0.1) is 9.82 Å². The summed E-state index contributed by atoms with van der Waals surface area (Å²) in [5, 5.41) is 13.1. The van der Waals surface area contributed by atoms with E-state index < -0.39 is 39.0 Å². The molecular weight excluding hydrogens is 431 g/mol. The second kappa shape index (κ2) is 9.08. The molecular formula is C19H19FN4O6S. The number of ether oxygens (including phenoxy) is 1. The molecule has 0 unspecified atom stereocenters. The lowest BCUT2D eigenvalue weighted by Crippen LogP contribution is -2.21. The van der Waals surface area contributed by atoms with Crippen molar-refractivity contribution in [2.45, 2.75) is 17.7 Å². The molecule has 1 aliphatic heterocycles. The number of carbonyl (C=O) groups is 1. The van der Waals surface area contributed by atoms with Crippen LogP contribution in [0.4, 0.5) is 15.8 Å². The Morgan fingerprint density at radius 2 is 2.00 bits per heavy atom. The number of nitrogens with zero attached hydrogens (tertiary/aromatic N) is 3. The predicted molar refractivity (Wildman–Crippen MR) is 110 cm³/mol. The fraction of sp³-hybridized carbons (Fsp3) is 0.263. The average Bonchev–Trinajstić information content (AvgIpc) is 3.10. The van der Waals surface area contributed by atoms with Crippen LogP contribution in [0, 0.1) is 15.9 Å². The molecule has 0 radical (unpaired) electrons. The van der Waals surface area contributed by atoms with E-state index in [9.17, 15) is 27.7 Å². The van der Waals surface area contributed by atoms with Gasteiger partial charge in [-0.05, 0) is 36.8 Å². The molecule has 2 aromatic rings. The minimum absolute atomic E-state index is 0.00379. The van der Waals surface area contributed by atoms with E-state index >= 15 is 0 Å². The van der Waals surface area contributed by atoms with Gasteiger partial charge in [0, 0.05) is 37.8 Å². The Morgan fingerprint density at radius 3 is 2.58 bits per heavy atom. The maximum absolute atomic E-state index is 13.6. The van der Waals surface area contributed by atoms with Gasteiger partial charge in [0.1, 0.15) is 11.6 Å². The fourth-order valence-electron chi connectivity index (χ4n) is 2.88. The SMILES string of the molecule is CN1CCC/C1=N\S(=O)(=O)c1ccc(NC(=O)COc2ccc([N+](=O)[O-])c(F)c2)cc1. The van der Waals surface area contributed by atoms with Crippen LogP contribution in [0.3, 0.4) is 0 Å². The number of nitrogens with one attached hydrogen (secondary N) is 1. The van der Waals surface area contributed by atoms with Gasteiger partial charge in [-0.25, -0.2) is 0 Å². The van der Waals surface area contributed by atoms with Crippen LogP contribution in [0.25, 0.3) is 0 Å². The van der Waals surface area contributed by atoms with E-state index in [0.717, 1.165) is 25.1 Å². The molecule has 10 nitrogen and oxygen atoms in total. The highest BCUT2D eigenvalue weighted by molar-refractivity contribution is 7.90. The molecule has 0 saturated carbocycles. The number of benzene rings is 2. The number of halogens is 1. The molecule has 1 amide bonds. The molecule has 3 rings (SSSR count). The molecule has 12 heteroatoms. The number of likely N-dealkylation sites (tertiary alicyclic amines) is 1. The van der Waals surface area contributed by atoms with Crippen LogP contribution >= 0.6 is 0 Å². The smallest absolute Gasteiger partial charge is 0.305 e. The number of nitro benzene ring substituents is 1. The Morgan fingerprint density at radius 1 is 1.29 bits per heavy atom. The zero-order valence-electron chi connectivity index (χ0n) is 16.4.